The summed E-state index contributed by atoms with van der Waals surface area (Å²) in [4.78, 5) is 49.4. The quantitative estimate of drug-likeness (QED) is 0.401. The molecule has 20 heavy (non-hydrogen) atoms. The molecule has 0 spiro atoms. The van der Waals surface area contributed by atoms with Crippen molar-refractivity contribution in [2.75, 3.05) is 12.4 Å². The van der Waals surface area contributed by atoms with Gasteiger partial charge in [-0.1, -0.05) is 6.42 Å². The molecule has 0 unspecified atom stereocenters. The zero-order valence-corrected chi connectivity index (χ0v) is 11.8. The molecule has 0 atom stereocenters. The highest BCUT2D eigenvalue weighted by atomic mass is 35.5. The van der Waals surface area contributed by atoms with Crippen molar-refractivity contribution in [1.82, 2.24) is 10.4 Å². The van der Waals surface area contributed by atoms with Crippen LogP contribution in [0.5, 0.6) is 0 Å². The summed E-state index contributed by atoms with van der Waals surface area (Å²) in [5.41, 5.74) is 0. The number of hydroxylamine groups is 2. The largest absolute Gasteiger partial charge is 0.355 e. The summed E-state index contributed by atoms with van der Waals surface area (Å²) in [5.74, 6) is -1.85. The molecule has 0 bridgehead atoms. The number of alkyl halides is 1. The van der Waals surface area contributed by atoms with Crippen LogP contribution in [0.1, 0.15) is 38.5 Å². The lowest BCUT2D eigenvalue weighted by molar-refractivity contribution is -0.197. The topological polar surface area (TPSA) is 92.8 Å². The van der Waals surface area contributed by atoms with E-state index in [0.29, 0.717) is 18.0 Å². The molecule has 1 N–H and O–H groups in total. The number of unbranched alkanes of at least 4 members (excludes halogenated alkanes) is 2. The molecular formula is C12H17ClN2O5. The van der Waals surface area contributed by atoms with E-state index in [1.807, 2.05) is 0 Å². The smallest absolute Gasteiger partial charge is 0.333 e. The molecule has 8 heteroatoms. The fourth-order valence-electron chi connectivity index (χ4n) is 1.65. The minimum Gasteiger partial charge on any atom is -0.355 e. The number of halogens is 1. The fraction of sp³-hybridized carbons (Fsp3) is 0.667. The standard InChI is InChI=1S/C12H17ClN2O5/c13-8-9(16)14-7-3-1-2-4-12(19)20-15-10(17)5-6-11(15)18/h1-8H2,(H,14,16). The van der Waals surface area contributed by atoms with E-state index in [1.165, 1.54) is 0 Å². The Bertz CT molecular complexity index is 383. The maximum Gasteiger partial charge on any atom is 0.333 e. The number of imide groups is 1. The summed E-state index contributed by atoms with van der Waals surface area (Å²) in [5, 5.41) is 3.15. The van der Waals surface area contributed by atoms with Crippen LogP contribution in [0.25, 0.3) is 0 Å². The molecule has 0 aromatic rings. The minimum absolute atomic E-state index is 0.0653. The second kappa shape index (κ2) is 8.52. The van der Waals surface area contributed by atoms with Gasteiger partial charge in [0.05, 0.1) is 0 Å². The fourth-order valence-corrected chi connectivity index (χ4v) is 1.75. The Balaban J connectivity index is 2.07. The van der Waals surface area contributed by atoms with Gasteiger partial charge in [-0.25, -0.2) is 4.79 Å². The highest BCUT2D eigenvalue weighted by molar-refractivity contribution is 6.27. The van der Waals surface area contributed by atoms with Gasteiger partial charge in [0.1, 0.15) is 5.88 Å². The number of nitrogens with one attached hydrogen (secondary N) is 1. The SMILES string of the molecule is O=C(CCl)NCCCCCC(=O)ON1C(=O)CCC1=O. The van der Waals surface area contributed by atoms with E-state index in [9.17, 15) is 19.2 Å². The van der Waals surface area contributed by atoms with Gasteiger partial charge >= 0.3 is 5.97 Å². The summed E-state index contributed by atoms with van der Waals surface area (Å²) in [7, 11) is 0. The van der Waals surface area contributed by atoms with Crippen LogP contribution in [0.15, 0.2) is 0 Å². The maximum absolute atomic E-state index is 11.4. The summed E-state index contributed by atoms with van der Waals surface area (Å²) >= 11 is 5.31. The normalized spacial score (nSPS) is 14.6. The molecule has 1 rings (SSSR count). The average Bonchev–Trinajstić information content (AvgIpc) is 2.74. The molecule has 1 heterocycles. The molecule has 1 saturated heterocycles. The third-order valence-corrected chi connectivity index (χ3v) is 2.94. The summed E-state index contributed by atoms with van der Waals surface area (Å²) in [6, 6.07) is 0. The molecule has 1 aliphatic heterocycles. The lowest BCUT2D eigenvalue weighted by atomic mass is 10.2. The van der Waals surface area contributed by atoms with Gasteiger partial charge in [0.2, 0.25) is 5.91 Å². The number of hydrogen-bond donors (Lipinski definition) is 1. The minimum atomic E-state index is -0.599. The van der Waals surface area contributed by atoms with E-state index < -0.39 is 17.8 Å². The Morgan fingerprint density at radius 1 is 1.15 bits per heavy atom. The molecule has 1 fully saturated rings. The number of hydrogen-bond acceptors (Lipinski definition) is 5. The lowest BCUT2D eigenvalue weighted by Crippen LogP contribution is -2.32. The molecule has 0 aromatic carbocycles. The molecule has 112 valence electrons. The first-order valence-electron chi connectivity index (χ1n) is 6.44. The van der Waals surface area contributed by atoms with E-state index in [1.54, 1.807) is 0 Å². The van der Waals surface area contributed by atoms with Gasteiger partial charge < -0.3 is 10.2 Å². The second-order valence-electron chi connectivity index (χ2n) is 4.34. The van der Waals surface area contributed by atoms with Crippen molar-refractivity contribution in [1.29, 1.82) is 0 Å². The van der Waals surface area contributed by atoms with E-state index in [-0.39, 0.29) is 31.0 Å². The van der Waals surface area contributed by atoms with Crippen molar-refractivity contribution >= 4 is 35.3 Å². The molecular weight excluding hydrogens is 288 g/mol. The molecule has 0 aliphatic carbocycles. The third kappa shape index (κ3) is 5.56. The van der Waals surface area contributed by atoms with Crippen LogP contribution in [0, 0.1) is 0 Å². The number of amides is 3. The Morgan fingerprint density at radius 3 is 2.40 bits per heavy atom. The van der Waals surface area contributed by atoms with Crippen LogP contribution in [0.4, 0.5) is 0 Å². The van der Waals surface area contributed by atoms with Crippen LogP contribution < -0.4 is 5.32 Å². The highest BCUT2D eigenvalue weighted by Crippen LogP contribution is 2.13. The first-order chi connectivity index (χ1) is 9.54. The number of rotatable bonds is 8. The molecule has 0 saturated carbocycles. The van der Waals surface area contributed by atoms with E-state index in [4.69, 9.17) is 16.4 Å². The number of carbonyl (C=O) groups is 4. The van der Waals surface area contributed by atoms with Gasteiger partial charge in [-0.15, -0.1) is 16.7 Å². The Hall–Kier alpha value is -1.63. The van der Waals surface area contributed by atoms with Crippen molar-refractivity contribution in [3.63, 3.8) is 0 Å². The van der Waals surface area contributed by atoms with E-state index >= 15 is 0 Å². The van der Waals surface area contributed by atoms with Crippen LogP contribution >= 0.6 is 11.6 Å². The summed E-state index contributed by atoms with van der Waals surface area (Å²) < 4.78 is 0. The van der Waals surface area contributed by atoms with Crippen molar-refractivity contribution < 1.29 is 24.0 Å². The zero-order valence-electron chi connectivity index (χ0n) is 11.0. The van der Waals surface area contributed by atoms with Gasteiger partial charge in [0.25, 0.3) is 11.8 Å². The molecule has 0 aromatic heterocycles. The molecule has 7 nitrogen and oxygen atoms in total. The Labute approximate surface area is 121 Å². The zero-order chi connectivity index (χ0) is 15.0. The maximum atomic E-state index is 11.4. The van der Waals surface area contributed by atoms with Crippen LogP contribution in [0.3, 0.4) is 0 Å². The number of nitrogens with zero attached hydrogens (tertiary/aromatic N) is 1. The monoisotopic (exact) mass is 304 g/mol. The molecule has 1 aliphatic rings. The van der Waals surface area contributed by atoms with Gasteiger partial charge in [-0.3, -0.25) is 14.4 Å². The summed E-state index contributed by atoms with van der Waals surface area (Å²) in [6.07, 6.45) is 2.31. The summed E-state index contributed by atoms with van der Waals surface area (Å²) in [6.45, 7) is 0.504. The van der Waals surface area contributed by atoms with E-state index in [0.717, 1.165) is 12.8 Å². The van der Waals surface area contributed by atoms with Crippen LogP contribution in [-0.2, 0) is 24.0 Å². The number of carbonyl (C=O) groups excluding carboxylic acids is 4. The van der Waals surface area contributed by atoms with Gasteiger partial charge in [0.15, 0.2) is 0 Å². The second-order valence-corrected chi connectivity index (χ2v) is 4.61. The molecule has 3 amide bonds. The first kappa shape index (κ1) is 16.4. The van der Waals surface area contributed by atoms with Gasteiger partial charge in [-0.05, 0) is 12.8 Å². The van der Waals surface area contributed by atoms with E-state index in [2.05, 4.69) is 5.32 Å². The van der Waals surface area contributed by atoms with Crippen molar-refractivity contribution in [3.05, 3.63) is 0 Å². The Morgan fingerprint density at radius 2 is 1.80 bits per heavy atom. The Kier molecular flexibility index (Phi) is 7.00. The van der Waals surface area contributed by atoms with Gasteiger partial charge in [-0.2, -0.15) is 0 Å². The highest BCUT2D eigenvalue weighted by Gasteiger charge is 2.32. The third-order valence-electron chi connectivity index (χ3n) is 2.70. The first-order valence-corrected chi connectivity index (χ1v) is 6.97. The van der Waals surface area contributed by atoms with Gasteiger partial charge in [0, 0.05) is 25.8 Å². The lowest BCUT2D eigenvalue weighted by Gasteiger charge is -2.12. The van der Waals surface area contributed by atoms with Crippen LogP contribution in [-0.4, -0.2) is 41.2 Å². The average molecular weight is 305 g/mol. The van der Waals surface area contributed by atoms with Crippen molar-refractivity contribution in [2.45, 2.75) is 38.5 Å². The van der Waals surface area contributed by atoms with Crippen molar-refractivity contribution in [3.8, 4) is 0 Å². The predicted octanol–water partition coefficient (Wildman–Crippen LogP) is 0.509. The predicted molar refractivity (Wildman–Crippen MR) is 69.4 cm³/mol. The molecule has 0 radical (unpaired) electrons. The van der Waals surface area contributed by atoms with Crippen LogP contribution in [0.2, 0.25) is 0 Å². The van der Waals surface area contributed by atoms with Crippen molar-refractivity contribution in [2.24, 2.45) is 0 Å².